The molecule has 2 atom stereocenters. The number of hydrogen-bond donors (Lipinski definition) is 3. The summed E-state index contributed by atoms with van der Waals surface area (Å²) in [5.74, 6) is 5.63. The van der Waals surface area contributed by atoms with E-state index in [4.69, 9.17) is 5.84 Å². The Morgan fingerprint density at radius 3 is 2.60 bits per heavy atom. The highest BCUT2D eigenvalue weighted by molar-refractivity contribution is 5.46. The van der Waals surface area contributed by atoms with Crippen molar-refractivity contribution in [2.45, 2.75) is 26.1 Å². The van der Waals surface area contributed by atoms with Crippen molar-refractivity contribution in [2.75, 3.05) is 12.4 Å². The van der Waals surface area contributed by atoms with Crippen LogP contribution in [0.1, 0.15) is 12.5 Å². The van der Waals surface area contributed by atoms with E-state index in [0.717, 1.165) is 5.69 Å². The van der Waals surface area contributed by atoms with Crippen LogP contribution in [0.4, 0.5) is 5.69 Å². The Balaban J connectivity index is 2.74. The molecule has 0 radical (unpaired) electrons. The van der Waals surface area contributed by atoms with Gasteiger partial charge in [0.15, 0.2) is 0 Å². The van der Waals surface area contributed by atoms with E-state index in [0.29, 0.717) is 0 Å². The minimum Gasteiger partial charge on any atom is -0.390 e. The molecule has 15 heavy (non-hydrogen) atoms. The molecule has 84 valence electrons. The summed E-state index contributed by atoms with van der Waals surface area (Å²) < 4.78 is 0. The first kappa shape index (κ1) is 12.0. The largest absolute Gasteiger partial charge is 0.390 e. The summed E-state index contributed by atoms with van der Waals surface area (Å²) in [7, 11) is 1.72. The maximum Gasteiger partial charge on any atom is 0.118 e. The number of aliphatic hydroxyl groups is 1. The maximum atomic E-state index is 9.53. The van der Waals surface area contributed by atoms with Gasteiger partial charge in [0.25, 0.3) is 0 Å². The molecule has 1 aromatic carbocycles. The van der Waals surface area contributed by atoms with Crippen LogP contribution in [-0.2, 0) is 0 Å². The normalized spacial score (nSPS) is 15.1. The highest BCUT2D eigenvalue weighted by atomic mass is 16.3. The molecule has 0 aliphatic rings. The van der Waals surface area contributed by atoms with E-state index in [1.807, 2.05) is 31.2 Å². The summed E-state index contributed by atoms with van der Waals surface area (Å²) in [6.07, 6.45) is -0.827. The zero-order chi connectivity index (χ0) is 11.4. The van der Waals surface area contributed by atoms with E-state index >= 15 is 0 Å². The van der Waals surface area contributed by atoms with Gasteiger partial charge in [0.2, 0.25) is 0 Å². The second-order valence-electron chi connectivity index (χ2n) is 3.86. The summed E-state index contributed by atoms with van der Waals surface area (Å²) in [6, 6.07) is 7.95. The molecule has 1 aromatic rings. The van der Waals surface area contributed by atoms with Crippen LogP contribution in [0.3, 0.4) is 0 Å². The van der Waals surface area contributed by atoms with Crippen LogP contribution in [0, 0.1) is 6.92 Å². The van der Waals surface area contributed by atoms with Gasteiger partial charge >= 0.3 is 0 Å². The summed E-state index contributed by atoms with van der Waals surface area (Å²) in [4.78, 5) is 0. The number of aryl methyl sites for hydroxylation is 1. The van der Waals surface area contributed by atoms with E-state index in [1.54, 1.807) is 14.0 Å². The SMILES string of the molecule is Cc1cccc(NC(C(C)O)N(C)N)c1. The highest BCUT2D eigenvalue weighted by Gasteiger charge is 2.17. The van der Waals surface area contributed by atoms with Gasteiger partial charge in [0.1, 0.15) is 6.17 Å². The van der Waals surface area contributed by atoms with E-state index in [1.165, 1.54) is 10.6 Å². The Labute approximate surface area is 90.7 Å². The van der Waals surface area contributed by atoms with Gasteiger partial charge in [0, 0.05) is 12.7 Å². The number of nitrogens with one attached hydrogen (secondary N) is 1. The van der Waals surface area contributed by atoms with Crippen molar-refractivity contribution >= 4 is 5.69 Å². The van der Waals surface area contributed by atoms with Crippen LogP contribution in [0.5, 0.6) is 0 Å². The van der Waals surface area contributed by atoms with E-state index in [-0.39, 0.29) is 6.17 Å². The lowest BCUT2D eigenvalue weighted by molar-refractivity contribution is 0.0921. The number of hydrogen-bond acceptors (Lipinski definition) is 4. The second kappa shape index (κ2) is 5.11. The number of aliphatic hydroxyl groups excluding tert-OH is 1. The zero-order valence-corrected chi connectivity index (χ0v) is 9.44. The molecular weight excluding hydrogens is 190 g/mol. The van der Waals surface area contributed by atoms with Crippen molar-refractivity contribution in [1.82, 2.24) is 5.01 Å². The van der Waals surface area contributed by atoms with Gasteiger partial charge in [-0.15, -0.1) is 0 Å². The predicted octanol–water partition coefficient (Wildman–Crippen LogP) is 0.919. The standard InChI is InChI=1S/C11H19N3O/c1-8-5-4-6-10(7-8)13-11(9(2)15)14(3)12/h4-7,9,11,13,15H,12H2,1-3H3. The number of nitrogens with zero attached hydrogens (tertiary/aromatic N) is 1. The minimum atomic E-state index is -0.541. The number of anilines is 1. The minimum absolute atomic E-state index is 0.285. The average molecular weight is 209 g/mol. The maximum absolute atomic E-state index is 9.53. The van der Waals surface area contributed by atoms with Gasteiger partial charge in [-0.25, -0.2) is 5.01 Å². The second-order valence-corrected chi connectivity index (χ2v) is 3.86. The molecule has 0 saturated heterocycles. The quantitative estimate of drug-likeness (QED) is 0.392. The monoisotopic (exact) mass is 209 g/mol. The van der Waals surface area contributed by atoms with Crippen LogP contribution >= 0.6 is 0 Å². The molecule has 0 fully saturated rings. The molecule has 0 aromatic heterocycles. The molecule has 0 heterocycles. The van der Waals surface area contributed by atoms with Gasteiger partial charge in [0.05, 0.1) is 6.10 Å². The molecule has 2 unspecified atom stereocenters. The lowest BCUT2D eigenvalue weighted by atomic mass is 10.2. The molecule has 4 N–H and O–H groups in total. The van der Waals surface area contributed by atoms with Crippen molar-refractivity contribution in [2.24, 2.45) is 5.84 Å². The van der Waals surface area contributed by atoms with Crippen molar-refractivity contribution in [3.05, 3.63) is 29.8 Å². The molecule has 0 bridgehead atoms. The molecule has 0 aliphatic heterocycles. The molecule has 1 rings (SSSR count). The number of nitrogens with two attached hydrogens (primary N) is 1. The van der Waals surface area contributed by atoms with Gasteiger partial charge in [-0.3, -0.25) is 5.84 Å². The smallest absolute Gasteiger partial charge is 0.118 e. The van der Waals surface area contributed by atoms with Crippen LogP contribution in [0.2, 0.25) is 0 Å². The molecule has 0 amide bonds. The van der Waals surface area contributed by atoms with Gasteiger partial charge in [-0.05, 0) is 31.5 Å². The fourth-order valence-corrected chi connectivity index (χ4v) is 1.47. The van der Waals surface area contributed by atoms with Gasteiger partial charge in [-0.2, -0.15) is 0 Å². The van der Waals surface area contributed by atoms with Crippen LogP contribution in [-0.4, -0.2) is 29.4 Å². The van der Waals surface area contributed by atoms with Crippen molar-refractivity contribution in [3.8, 4) is 0 Å². The van der Waals surface area contributed by atoms with E-state index in [2.05, 4.69) is 5.32 Å². The number of benzene rings is 1. The zero-order valence-electron chi connectivity index (χ0n) is 9.44. The predicted molar refractivity (Wildman–Crippen MR) is 62.2 cm³/mol. The van der Waals surface area contributed by atoms with Crippen LogP contribution in [0.15, 0.2) is 24.3 Å². The van der Waals surface area contributed by atoms with Crippen molar-refractivity contribution in [1.29, 1.82) is 0 Å². The van der Waals surface area contributed by atoms with E-state index < -0.39 is 6.10 Å². The van der Waals surface area contributed by atoms with Gasteiger partial charge in [-0.1, -0.05) is 12.1 Å². The summed E-state index contributed by atoms with van der Waals surface area (Å²) in [5.41, 5.74) is 2.13. The number of rotatable bonds is 4. The summed E-state index contributed by atoms with van der Waals surface area (Å²) in [5, 5.41) is 14.2. The Bertz CT molecular complexity index is 304. The van der Waals surface area contributed by atoms with E-state index in [9.17, 15) is 5.11 Å². The molecule has 0 saturated carbocycles. The Hall–Kier alpha value is -1.10. The number of hydrazine groups is 1. The summed E-state index contributed by atoms with van der Waals surface area (Å²) in [6.45, 7) is 3.73. The topological polar surface area (TPSA) is 61.5 Å². The summed E-state index contributed by atoms with van der Waals surface area (Å²) >= 11 is 0. The lowest BCUT2D eigenvalue weighted by Gasteiger charge is -2.28. The fraction of sp³-hybridized carbons (Fsp3) is 0.455. The van der Waals surface area contributed by atoms with Crippen molar-refractivity contribution in [3.63, 3.8) is 0 Å². The van der Waals surface area contributed by atoms with Crippen LogP contribution < -0.4 is 11.2 Å². The third-order valence-corrected chi connectivity index (χ3v) is 2.23. The highest BCUT2D eigenvalue weighted by Crippen LogP contribution is 2.12. The number of likely N-dealkylation sites (N-methyl/N-ethyl adjacent to an activating group) is 1. The van der Waals surface area contributed by atoms with Crippen molar-refractivity contribution < 1.29 is 5.11 Å². The molecule has 4 heteroatoms. The Morgan fingerprint density at radius 2 is 2.13 bits per heavy atom. The third-order valence-electron chi connectivity index (χ3n) is 2.23. The fourth-order valence-electron chi connectivity index (χ4n) is 1.47. The van der Waals surface area contributed by atoms with Gasteiger partial charge < -0.3 is 10.4 Å². The first-order valence-corrected chi connectivity index (χ1v) is 4.99. The Kier molecular flexibility index (Phi) is 4.08. The van der Waals surface area contributed by atoms with Crippen LogP contribution in [0.25, 0.3) is 0 Å². The lowest BCUT2D eigenvalue weighted by Crippen LogP contribution is -2.49. The first-order valence-electron chi connectivity index (χ1n) is 4.99. The first-order chi connectivity index (χ1) is 7.00. The molecule has 4 nitrogen and oxygen atoms in total. The molecular formula is C11H19N3O. The third kappa shape index (κ3) is 3.51. The average Bonchev–Trinajstić information content (AvgIpc) is 2.13. The molecule has 0 aliphatic carbocycles. The molecule has 0 spiro atoms. The Morgan fingerprint density at radius 1 is 1.47 bits per heavy atom.